The molecular weight excluding hydrogens is 639 g/mol. The van der Waals surface area contributed by atoms with Crippen LogP contribution in [0, 0.1) is 11.3 Å². The van der Waals surface area contributed by atoms with E-state index in [4.69, 9.17) is 20.2 Å². The first kappa shape index (κ1) is 35.7. The number of ether oxygens (including phenoxy) is 2. The molecule has 0 spiro atoms. The molecule has 48 heavy (non-hydrogen) atoms. The standard InChI is InChI=1S/C35H46F3N7O2S/c1-34(2,35(36,37)38)25-47-29(39)17-18-40-33-32-28-14-7-6-13-27(28)12-5-3-4-8-20-44(23-26-11-10-22-46-24-26)30-15-9-16-31(42-30)48-43-45(32)21-19-41-33/h6-7,9,13-19,26,43H,3-5,8,10-12,20-25,39H2,1-2H3/b29-17+,40-18+/t26-/m1/s1. The highest BCUT2D eigenvalue weighted by molar-refractivity contribution is 7.97. The van der Waals surface area contributed by atoms with Crippen LogP contribution in [0.3, 0.4) is 0 Å². The first-order valence-corrected chi connectivity index (χ1v) is 17.5. The van der Waals surface area contributed by atoms with E-state index in [9.17, 15) is 13.2 Å². The molecular formula is C35H46F3N7O2S. The van der Waals surface area contributed by atoms with Crippen LogP contribution in [0.5, 0.6) is 0 Å². The van der Waals surface area contributed by atoms with Crippen LogP contribution in [-0.2, 0) is 15.9 Å². The van der Waals surface area contributed by atoms with Gasteiger partial charge in [-0.25, -0.2) is 15.0 Å². The van der Waals surface area contributed by atoms with Crippen molar-refractivity contribution < 1.29 is 22.6 Å². The van der Waals surface area contributed by atoms with Crippen LogP contribution in [0.25, 0.3) is 5.70 Å². The number of benzene rings is 1. The Labute approximate surface area is 285 Å². The summed E-state index contributed by atoms with van der Waals surface area (Å²) < 4.78 is 50.8. The highest BCUT2D eigenvalue weighted by atomic mass is 32.2. The van der Waals surface area contributed by atoms with E-state index in [1.54, 1.807) is 6.21 Å². The van der Waals surface area contributed by atoms with Gasteiger partial charge >= 0.3 is 6.18 Å². The molecule has 0 unspecified atom stereocenters. The zero-order valence-electron chi connectivity index (χ0n) is 27.7. The lowest BCUT2D eigenvalue weighted by Gasteiger charge is -2.32. The molecule has 0 amide bonds. The van der Waals surface area contributed by atoms with Gasteiger partial charge in [-0.1, -0.05) is 43.2 Å². The summed E-state index contributed by atoms with van der Waals surface area (Å²) in [6.45, 7) is 5.56. The van der Waals surface area contributed by atoms with E-state index in [0.717, 1.165) is 101 Å². The Morgan fingerprint density at radius 3 is 2.77 bits per heavy atom. The maximum atomic E-state index is 13.3. The quantitative estimate of drug-likeness (QED) is 0.181. The number of pyridine rings is 1. The minimum atomic E-state index is -4.42. The lowest BCUT2D eigenvalue weighted by Crippen LogP contribution is -2.36. The minimum Gasteiger partial charge on any atom is -0.478 e. The van der Waals surface area contributed by atoms with Crippen molar-refractivity contribution >= 4 is 35.9 Å². The summed E-state index contributed by atoms with van der Waals surface area (Å²) in [6.07, 6.45) is 7.65. The lowest BCUT2D eigenvalue weighted by molar-refractivity contribution is -0.223. The molecule has 260 valence electrons. The topological polar surface area (TPSA) is 101 Å². The van der Waals surface area contributed by atoms with Crippen LogP contribution in [0.4, 0.5) is 19.0 Å². The lowest BCUT2D eigenvalue weighted by atomic mass is 9.94. The number of nitrogens with two attached hydrogens (primary N) is 1. The van der Waals surface area contributed by atoms with E-state index in [-0.39, 0.29) is 5.88 Å². The Bertz CT molecular complexity index is 1490. The number of hydrogen-bond donors (Lipinski definition) is 2. The zero-order chi connectivity index (χ0) is 34.0. The molecule has 2 bridgehead atoms. The van der Waals surface area contributed by atoms with Gasteiger partial charge in [0.1, 0.15) is 23.1 Å². The highest BCUT2D eigenvalue weighted by Gasteiger charge is 2.48. The smallest absolute Gasteiger partial charge is 0.397 e. The minimum absolute atomic E-state index is 0.165. The number of fused-ring (bicyclic) bond motifs is 5. The van der Waals surface area contributed by atoms with E-state index in [0.29, 0.717) is 18.3 Å². The van der Waals surface area contributed by atoms with Gasteiger partial charge in [0.05, 0.1) is 18.6 Å². The number of nitrogens with zero attached hydrogens (tertiary/aromatic N) is 5. The van der Waals surface area contributed by atoms with Gasteiger partial charge in [-0.15, -0.1) is 0 Å². The summed E-state index contributed by atoms with van der Waals surface area (Å²) in [5.41, 5.74) is 6.82. The maximum absolute atomic E-state index is 13.3. The summed E-state index contributed by atoms with van der Waals surface area (Å²) in [6, 6.07) is 14.4. The highest BCUT2D eigenvalue weighted by Crippen LogP contribution is 2.38. The molecule has 3 aliphatic rings. The average molecular weight is 686 g/mol. The molecule has 0 saturated carbocycles. The van der Waals surface area contributed by atoms with Crippen molar-refractivity contribution in [2.45, 2.75) is 70.0 Å². The molecule has 1 aromatic heterocycles. The number of aromatic nitrogens is 1. The van der Waals surface area contributed by atoms with Crippen molar-refractivity contribution in [3.8, 4) is 0 Å². The van der Waals surface area contributed by atoms with Gasteiger partial charge in [0.2, 0.25) is 0 Å². The normalized spacial score (nSPS) is 20.5. The second kappa shape index (κ2) is 16.7. The van der Waals surface area contributed by atoms with Crippen molar-refractivity contribution in [2.75, 3.05) is 44.4 Å². The first-order valence-electron chi connectivity index (χ1n) is 16.6. The molecule has 13 heteroatoms. The molecule has 1 saturated heterocycles. The number of nitrogens with one attached hydrogen (secondary N) is 1. The Morgan fingerprint density at radius 1 is 1.12 bits per heavy atom. The molecule has 1 fully saturated rings. The molecule has 1 aromatic carbocycles. The van der Waals surface area contributed by atoms with Crippen molar-refractivity contribution in [3.05, 3.63) is 71.4 Å². The van der Waals surface area contributed by atoms with Crippen LogP contribution in [0.1, 0.15) is 63.5 Å². The number of rotatable bonds is 7. The van der Waals surface area contributed by atoms with Crippen LogP contribution < -0.4 is 15.5 Å². The monoisotopic (exact) mass is 685 g/mol. The number of halogens is 3. The molecule has 9 nitrogen and oxygen atoms in total. The van der Waals surface area contributed by atoms with Gasteiger partial charge < -0.3 is 20.1 Å². The number of alkyl halides is 3. The Kier molecular flexibility index (Phi) is 12.4. The Morgan fingerprint density at radius 2 is 1.96 bits per heavy atom. The predicted octanol–water partition coefficient (Wildman–Crippen LogP) is 7.13. The molecule has 3 aliphatic heterocycles. The SMILES string of the molecule is CC(C)(CO/C(N)=C/C=N/C1=C2c3ccccc3CCCCCCN(C[C@H]3CCCOC3)c3cccc(n3)SNN2CC=N1)C(F)(F)F. The second-order valence-electron chi connectivity index (χ2n) is 13.0. The van der Waals surface area contributed by atoms with Crippen molar-refractivity contribution in [3.63, 3.8) is 0 Å². The fourth-order valence-electron chi connectivity index (χ4n) is 5.74. The third-order valence-electron chi connectivity index (χ3n) is 8.69. The average Bonchev–Trinajstić information content (AvgIpc) is 3.07. The molecule has 0 radical (unpaired) electrons. The molecule has 3 N–H and O–H groups in total. The number of hydrazine groups is 1. The van der Waals surface area contributed by atoms with E-state index in [2.05, 4.69) is 37.9 Å². The predicted molar refractivity (Wildman–Crippen MR) is 186 cm³/mol. The number of aliphatic imine (C=N–C) groups is 2. The summed E-state index contributed by atoms with van der Waals surface area (Å²) in [5, 5.41) is 2.83. The number of aryl methyl sites for hydroxylation is 1. The van der Waals surface area contributed by atoms with Gasteiger partial charge in [-0.2, -0.15) is 18.0 Å². The number of hydrogen-bond acceptors (Lipinski definition) is 10. The fourth-order valence-corrected chi connectivity index (χ4v) is 6.40. The summed E-state index contributed by atoms with van der Waals surface area (Å²) in [4.78, 5) is 20.2. The van der Waals surface area contributed by atoms with Gasteiger partial charge in [0.25, 0.3) is 0 Å². The molecule has 1 atom stereocenters. The molecule has 0 aliphatic carbocycles. The second-order valence-corrected chi connectivity index (χ2v) is 13.8. The van der Waals surface area contributed by atoms with Gasteiger partial charge in [0, 0.05) is 43.8 Å². The van der Waals surface area contributed by atoms with Gasteiger partial charge in [-0.05, 0) is 81.5 Å². The van der Waals surface area contributed by atoms with Gasteiger partial charge in [-0.3, -0.25) is 5.01 Å². The van der Waals surface area contributed by atoms with E-state index in [1.807, 2.05) is 29.3 Å². The largest absolute Gasteiger partial charge is 0.478 e. The number of anilines is 1. The van der Waals surface area contributed by atoms with E-state index in [1.165, 1.54) is 36.2 Å². The van der Waals surface area contributed by atoms with E-state index >= 15 is 0 Å². The number of allylic oxidation sites excluding steroid dienone is 1. The molecule has 2 aromatic rings. The van der Waals surface area contributed by atoms with Crippen molar-refractivity contribution in [2.24, 2.45) is 27.1 Å². The zero-order valence-corrected chi connectivity index (χ0v) is 28.5. The van der Waals surface area contributed by atoms with Crippen LogP contribution >= 0.6 is 11.9 Å². The summed E-state index contributed by atoms with van der Waals surface area (Å²) in [5.74, 6) is 1.74. The first-order chi connectivity index (χ1) is 23.1. The fraction of sp³-hybridized carbons (Fsp3) is 0.514. The summed E-state index contributed by atoms with van der Waals surface area (Å²) >= 11 is 1.42. The molecule has 4 heterocycles. The van der Waals surface area contributed by atoms with E-state index < -0.39 is 18.2 Å². The van der Waals surface area contributed by atoms with Gasteiger partial charge in [0.15, 0.2) is 11.7 Å². The van der Waals surface area contributed by atoms with Crippen LogP contribution in [0.2, 0.25) is 0 Å². The van der Waals surface area contributed by atoms with Crippen molar-refractivity contribution in [1.82, 2.24) is 14.8 Å². The molecule has 5 rings (SSSR count). The summed E-state index contributed by atoms with van der Waals surface area (Å²) in [7, 11) is 0. The third-order valence-corrected chi connectivity index (χ3v) is 9.43. The maximum Gasteiger partial charge on any atom is 0.397 e. The van der Waals surface area contributed by atoms with Crippen LogP contribution in [0.15, 0.2) is 75.3 Å². The third kappa shape index (κ3) is 9.76. The van der Waals surface area contributed by atoms with Crippen molar-refractivity contribution in [1.29, 1.82) is 0 Å². The van der Waals surface area contributed by atoms with Crippen LogP contribution in [-0.4, -0.2) is 68.1 Å². The Hall–Kier alpha value is -3.55. The Balaban J connectivity index is 1.41.